The number of halogens is 1. The van der Waals surface area contributed by atoms with Crippen LogP contribution in [0.3, 0.4) is 0 Å². The van der Waals surface area contributed by atoms with Crippen LogP contribution in [0.5, 0.6) is 5.75 Å². The molecule has 1 aromatic carbocycles. The minimum atomic E-state index is -0.480. The lowest BCUT2D eigenvalue weighted by Gasteiger charge is -2.10. The Bertz CT molecular complexity index is 415. The van der Waals surface area contributed by atoms with Crippen molar-refractivity contribution in [3.63, 3.8) is 0 Å². The smallest absolute Gasteiger partial charge is 0.344 e. The predicted octanol–water partition coefficient (Wildman–Crippen LogP) is 2.48. The highest BCUT2D eigenvalue weighted by molar-refractivity contribution is 6.30. The van der Waals surface area contributed by atoms with Crippen molar-refractivity contribution in [1.29, 1.82) is 0 Å². The molecule has 0 atom stereocenters. The molecule has 5 heteroatoms. The molecule has 0 N–H and O–H groups in total. The highest BCUT2D eigenvalue weighted by Crippen LogP contribution is 2.21. The number of carbonyl (C=O) groups excluding carboxylic acids is 2. The first-order chi connectivity index (χ1) is 8.02. The van der Waals surface area contributed by atoms with E-state index in [-0.39, 0.29) is 12.7 Å². The van der Waals surface area contributed by atoms with E-state index >= 15 is 0 Å². The van der Waals surface area contributed by atoms with Gasteiger partial charge in [-0.15, -0.1) is 0 Å². The fourth-order valence-electron chi connectivity index (χ4n) is 1.18. The molecule has 4 nitrogen and oxygen atoms in total. The number of rotatable bonds is 5. The maximum absolute atomic E-state index is 11.2. The van der Waals surface area contributed by atoms with Crippen LogP contribution in [-0.4, -0.2) is 25.0 Å². The van der Waals surface area contributed by atoms with E-state index in [1.165, 1.54) is 12.1 Å². The van der Waals surface area contributed by atoms with Gasteiger partial charge in [0.25, 0.3) is 0 Å². The average Bonchev–Trinajstić information content (AvgIpc) is 2.26. The summed E-state index contributed by atoms with van der Waals surface area (Å²) in [5, 5.41) is 0.434. The largest absolute Gasteiger partial charge is 0.481 e. The third kappa shape index (κ3) is 4.44. The zero-order valence-corrected chi connectivity index (χ0v) is 10.4. The Morgan fingerprint density at radius 3 is 2.76 bits per heavy atom. The molecule has 1 aromatic rings. The van der Waals surface area contributed by atoms with Crippen LogP contribution < -0.4 is 4.74 Å². The molecule has 0 heterocycles. The first kappa shape index (κ1) is 13.5. The summed E-state index contributed by atoms with van der Waals surface area (Å²) in [5.74, 6) is -0.170. The van der Waals surface area contributed by atoms with Crippen molar-refractivity contribution >= 4 is 23.9 Å². The number of esters is 1. The predicted molar refractivity (Wildman–Crippen MR) is 63.6 cm³/mol. The van der Waals surface area contributed by atoms with Crippen LogP contribution in [0.25, 0.3) is 0 Å². The molecule has 0 aliphatic rings. The van der Waals surface area contributed by atoms with Crippen LogP contribution in [0.4, 0.5) is 0 Å². The quantitative estimate of drug-likeness (QED) is 0.600. The van der Waals surface area contributed by atoms with Crippen molar-refractivity contribution < 1.29 is 19.1 Å². The monoisotopic (exact) mass is 256 g/mol. The van der Waals surface area contributed by atoms with Gasteiger partial charge in [-0.1, -0.05) is 11.6 Å². The molecule has 0 amide bonds. The zero-order valence-electron chi connectivity index (χ0n) is 9.60. The normalized spacial score (nSPS) is 10.1. The number of aldehydes is 1. The summed E-state index contributed by atoms with van der Waals surface area (Å²) in [6, 6.07) is 4.59. The average molecular weight is 257 g/mol. The van der Waals surface area contributed by atoms with Gasteiger partial charge in [0.15, 0.2) is 12.9 Å². The van der Waals surface area contributed by atoms with E-state index in [0.29, 0.717) is 22.6 Å². The molecule has 0 spiro atoms. The first-order valence-electron chi connectivity index (χ1n) is 5.10. The van der Waals surface area contributed by atoms with Crippen molar-refractivity contribution in [2.45, 2.75) is 20.0 Å². The molecule has 0 saturated carbocycles. The van der Waals surface area contributed by atoms with Crippen LogP contribution in [0.1, 0.15) is 24.2 Å². The van der Waals surface area contributed by atoms with E-state index < -0.39 is 5.97 Å². The van der Waals surface area contributed by atoms with Gasteiger partial charge in [-0.2, -0.15) is 0 Å². The third-order valence-electron chi connectivity index (χ3n) is 1.81. The first-order valence-corrected chi connectivity index (χ1v) is 5.47. The molecule has 0 aromatic heterocycles. The SMILES string of the molecule is CC(C)OC(=O)COc1ccc(Cl)cc1C=O. The molecular formula is C12H13ClO4. The van der Waals surface area contributed by atoms with Gasteiger partial charge in [0.05, 0.1) is 11.7 Å². The Morgan fingerprint density at radius 2 is 2.18 bits per heavy atom. The van der Waals surface area contributed by atoms with Gasteiger partial charge < -0.3 is 9.47 Å². The third-order valence-corrected chi connectivity index (χ3v) is 2.05. The van der Waals surface area contributed by atoms with Gasteiger partial charge in [0.1, 0.15) is 5.75 Å². The van der Waals surface area contributed by atoms with E-state index in [9.17, 15) is 9.59 Å². The van der Waals surface area contributed by atoms with Crippen LogP contribution >= 0.6 is 11.6 Å². The standard InChI is InChI=1S/C12H13ClO4/c1-8(2)17-12(15)7-16-11-4-3-10(13)5-9(11)6-14/h3-6,8H,7H2,1-2H3. The van der Waals surface area contributed by atoms with E-state index in [0.717, 1.165) is 0 Å². The van der Waals surface area contributed by atoms with Gasteiger partial charge in [-0.3, -0.25) is 4.79 Å². The van der Waals surface area contributed by atoms with Crippen LogP contribution in [0.2, 0.25) is 5.02 Å². The number of ether oxygens (including phenoxy) is 2. The molecular weight excluding hydrogens is 244 g/mol. The molecule has 0 unspecified atom stereocenters. The zero-order chi connectivity index (χ0) is 12.8. The molecule has 0 aliphatic carbocycles. The lowest BCUT2D eigenvalue weighted by molar-refractivity contribution is -0.149. The summed E-state index contributed by atoms with van der Waals surface area (Å²) >= 11 is 5.72. The Kier molecular flexibility index (Phi) is 4.97. The number of benzene rings is 1. The molecule has 92 valence electrons. The maximum Gasteiger partial charge on any atom is 0.344 e. The van der Waals surface area contributed by atoms with E-state index in [1.54, 1.807) is 19.9 Å². The van der Waals surface area contributed by atoms with E-state index in [2.05, 4.69) is 0 Å². The lowest BCUT2D eigenvalue weighted by Crippen LogP contribution is -2.19. The van der Waals surface area contributed by atoms with E-state index in [1.807, 2.05) is 0 Å². The summed E-state index contributed by atoms with van der Waals surface area (Å²) < 4.78 is 10.1. The summed E-state index contributed by atoms with van der Waals surface area (Å²) in [4.78, 5) is 22.0. The molecule has 1 rings (SSSR count). The highest BCUT2D eigenvalue weighted by Gasteiger charge is 2.09. The van der Waals surface area contributed by atoms with Crippen LogP contribution in [0, 0.1) is 0 Å². The second kappa shape index (κ2) is 6.25. The maximum atomic E-state index is 11.2. The van der Waals surface area contributed by atoms with Gasteiger partial charge in [0.2, 0.25) is 0 Å². The minimum Gasteiger partial charge on any atom is -0.481 e. The Hall–Kier alpha value is -1.55. The fourth-order valence-corrected chi connectivity index (χ4v) is 1.36. The van der Waals surface area contributed by atoms with Crippen LogP contribution in [-0.2, 0) is 9.53 Å². The second-order valence-corrected chi connectivity index (χ2v) is 4.06. The molecule has 17 heavy (non-hydrogen) atoms. The Labute approximate surface area is 104 Å². The summed E-state index contributed by atoms with van der Waals surface area (Å²) in [6.07, 6.45) is 0.427. The summed E-state index contributed by atoms with van der Waals surface area (Å²) in [7, 11) is 0. The van der Waals surface area contributed by atoms with Crippen LogP contribution in [0.15, 0.2) is 18.2 Å². The van der Waals surface area contributed by atoms with Gasteiger partial charge >= 0.3 is 5.97 Å². The number of hydrogen-bond acceptors (Lipinski definition) is 4. The second-order valence-electron chi connectivity index (χ2n) is 3.63. The van der Waals surface area contributed by atoms with Crippen molar-refractivity contribution in [2.24, 2.45) is 0 Å². The summed E-state index contributed by atoms with van der Waals surface area (Å²) in [5.41, 5.74) is 0.301. The minimum absolute atomic E-state index is 0.193. The van der Waals surface area contributed by atoms with Gasteiger partial charge in [-0.05, 0) is 32.0 Å². The lowest BCUT2D eigenvalue weighted by atomic mass is 10.2. The summed E-state index contributed by atoms with van der Waals surface area (Å²) in [6.45, 7) is 3.26. The van der Waals surface area contributed by atoms with Gasteiger partial charge in [0, 0.05) is 5.02 Å². The van der Waals surface area contributed by atoms with Crippen molar-refractivity contribution in [3.05, 3.63) is 28.8 Å². The van der Waals surface area contributed by atoms with E-state index in [4.69, 9.17) is 21.1 Å². The number of carbonyl (C=O) groups is 2. The fraction of sp³-hybridized carbons (Fsp3) is 0.333. The van der Waals surface area contributed by atoms with Crippen molar-refractivity contribution in [2.75, 3.05) is 6.61 Å². The Morgan fingerprint density at radius 1 is 1.47 bits per heavy atom. The van der Waals surface area contributed by atoms with Gasteiger partial charge in [-0.25, -0.2) is 4.79 Å². The highest BCUT2D eigenvalue weighted by atomic mass is 35.5. The Balaban J connectivity index is 2.63. The molecule has 0 saturated heterocycles. The molecule has 0 radical (unpaired) electrons. The van der Waals surface area contributed by atoms with Crippen molar-refractivity contribution in [1.82, 2.24) is 0 Å². The topological polar surface area (TPSA) is 52.6 Å². The van der Waals surface area contributed by atoms with Crippen molar-refractivity contribution in [3.8, 4) is 5.75 Å². The molecule has 0 aliphatic heterocycles. The molecule has 0 bridgehead atoms. The number of hydrogen-bond donors (Lipinski definition) is 0. The molecule has 0 fully saturated rings.